The van der Waals surface area contributed by atoms with Gasteiger partial charge in [-0.15, -0.1) is 0 Å². The normalized spacial score (nSPS) is 17.4. The number of hydrogen-bond acceptors (Lipinski definition) is 5. The van der Waals surface area contributed by atoms with E-state index in [2.05, 4.69) is 21.7 Å². The zero-order valence-electron chi connectivity index (χ0n) is 9.93. The largest absolute Gasteiger partial charge is 0.477 e. The summed E-state index contributed by atoms with van der Waals surface area (Å²) in [6.45, 7) is 7.28. The zero-order valence-corrected chi connectivity index (χ0v) is 10.7. The lowest BCUT2D eigenvalue weighted by molar-refractivity contribution is 0.0702. The second-order valence-electron chi connectivity index (χ2n) is 4.14. The molecule has 0 saturated carbocycles. The summed E-state index contributed by atoms with van der Waals surface area (Å²) in [5.41, 5.74) is 0. The van der Waals surface area contributed by atoms with Crippen molar-refractivity contribution in [3.05, 3.63) is 11.1 Å². The average molecular weight is 255 g/mol. The fraction of sp³-hybridized carbons (Fsp3) is 0.636. The molecule has 6 heteroatoms. The Morgan fingerprint density at radius 3 is 2.71 bits per heavy atom. The molecule has 0 aliphatic carbocycles. The maximum absolute atomic E-state index is 10.8. The molecule has 0 amide bonds. The molecule has 2 heterocycles. The van der Waals surface area contributed by atoms with Gasteiger partial charge in [0.05, 0.1) is 6.20 Å². The quantitative estimate of drug-likeness (QED) is 0.880. The smallest absolute Gasteiger partial charge is 0.347 e. The van der Waals surface area contributed by atoms with Gasteiger partial charge in [-0.2, -0.15) is 0 Å². The number of carboxylic acid groups (broad SMARTS) is 1. The summed E-state index contributed by atoms with van der Waals surface area (Å²) in [4.78, 5) is 19.9. The van der Waals surface area contributed by atoms with Crippen LogP contribution in [0.1, 0.15) is 23.0 Å². The number of hydrogen-bond donors (Lipinski definition) is 1. The minimum atomic E-state index is -0.890. The van der Waals surface area contributed by atoms with Crippen LogP contribution in [0.15, 0.2) is 6.20 Å². The minimum absolute atomic E-state index is 0.316. The predicted molar refractivity (Wildman–Crippen MR) is 68.0 cm³/mol. The molecular weight excluding hydrogens is 238 g/mol. The highest BCUT2D eigenvalue weighted by molar-refractivity contribution is 7.17. The number of rotatable bonds is 4. The molecule has 1 aliphatic heterocycles. The van der Waals surface area contributed by atoms with Gasteiger partial charge in [0, 0.05) is 26.2 Å². The number of aromatic carboxylic acids is 1. The fourth-order valence-electron chi connectivity index (χ4n) is 1.99. The van der Waals surface area contributed by atoms with Gasteiger partial charge in [-0.05, 0) is 13.0 Å². The van der Waals surface area contributed by atoms with Crippen molar-refractivity contribution in [3.63, 3.8) is 0 Å². The Morgan fingerprint density at radius 2 is 2.18 bits per heavy atom. The van der Waals surface area contributed by atoms with Crippen molar-refractivity contribution in [1.29, 1.82) is 0 Å². The van der Waals surface area contributed by atoms with E-state index in [1.54, 1.807) is 0 Å². The Bertz CT molecular complexity index is 386. The van der Waals surface area contributed by atoms with Crippen molar-refractivity contribution in [1.82, 2.24) is 9.88 Å². The molecule has 94 valence electrons. The summed E-state index contributed by atoms with van der Waals surface area (Å²) < 4.78 is 0. The number of anilines is 1. The summed E-state index contributed by atoms with van der Waals surface area (Å²) in [6.07, 6.45) is 2.63. The number of carboxylic acids is 1. The Kier molecular flexibility index (Phi) is 3.96. The molecular formula is C11H17N3O2S. The third-order valence-electron chi connectivity index (χ3n) is 2.89. The van der Waals surface area contributed by atoms with E-state index in [-0.39, 0.29) is 0 Å². The van der Waals surface area contributed by atoms with Crippen molar-refractivity contribution in [3.8, 4) is 0 Å². The number of piperazine rings is 1. The van der Waals surface area contributed by atoms with Crippen LogP contribution in [0.25, 0.3) is 0 Å². The van der Waals surface area contributed by atoms with Crippen LogP contribution < -0.4 is 4.90 Å². The van der Waals surface area contributed by atoms with Crippen molar-refractivity contribution >= 4 is 22.4 Å². The van der Waals surface area contributed by atoms with E-state index in [4.69, 9.17) is 5.11 Å². The summed E-state index contributed by atoms with van der Waals surface area (Å²) in [7, 11) is 0. The number of aromatic nitrogens is 1. The first kappa shape index (κ1) is 12.3. The SMILES string of the molecule is CCCN1CCN(c2ncc(C(=O)O)s2)CC1. The highest BCUT2D eigenvalue weighted by Gasteiger charge is 2.19. The fourth-order valence-corrected chi connectivity index (χ4v) is 2.80. The van der Waals surface area contributed by atoms with Crippen LogP contribution in [0, 0.1) is 0 Å². The lowest BCUT2D eigenvalue weighted by Gasteiger charge is -2.34. The first-order chi connectivity index (χ1) is 8.20. The summed E-state index contributed by atoms with van der Waals surface area (Å²) >= 11 is 1.26. The molecule has 1 N–H and O–H groups in total. The highest BCUT2D eigenvalue weighted by Crippen LogP contribution is 2.23. The first-order valence-corrected chi connectivity index (χ1v) is 6.68. The zero-order chi connectivity index (χ0) is 12.3. The van der Waals surface area contributed by atoms with Crippen molar-refractivity contribution in [2.75, 3.05) is 37.6 Å². The standard InChI is InChI=1S/C11H17N3O2S/c1-2-3-13-4-6-14(7-5-13)11-12-8-9(17-11)10(15)16/h8H,2-7H2,1H3,(H,15,16). The molecule has 0 spiro atoms. The Labute approximate surface area is 105 Å². The topological polar surface area (TPSA) is 56.7 Å². The van der Waals surface area contributed by atoms with Crippen molar-refractivity contribution in [2.45, 2.75) is 13.3 Å². The van der Waals surface area contributed by atoms with E-state index in [0.29, 0.717) is 4.88 Å². The predicted octanol–water partition coefficient (Wildman–Crippen LogP) is 1.37. The van der Waals surface area contributed by atoms with E-state index >= 15 is 0 Å². The van der Waals surface area contributed by atoms with Gasteiger partial charge < -0.3 is 10.0 Å². The molecule has 5 nitrogen and oxygen atoms in total. The summed E-state index contributed by atoms with van der Waals surface area (Å²) in [5, 5.41) is 9.68. The van der Waals surface area contributed by atoms with Crippen LogP contribution in [0.5, 0.6) is 0 Å². The van der Waals surface area contributed by atoms with Gasteiger partial charge in [0.25, 0.3) is 0 Å². The molecule has 1 aliphatic rings. The second kappa shape index (κ2) is 5.46. The summed E-state index contributed by atoms with van der Waals surface area (Å²) in [5.74, 6) is -0.890. The van der Waals surface area contributed by atoms with E-state index in [0.717, 1.165) is 37.9 Å². The minimum Gasteiger partial charge on any atom is -0.477 e. The van der Waals surface area contributed by atoms with Crippen LogP contribution in [0.2, 0.25) is 0 Å². The first-order valence-electron chi connectivity index (χ1n) is 5.87. The molecule has 0 aromatic carbocycles. The van der Waals surface area contributed by atoms with E-state index in [1.807, 2.05) is 0 Å². The molecule has 2 rings (SSSR count). The lowest BCUT2D eigenvalue weighted by atomic mass is 10.3. The van der Waals surface area contributed by atoms with Crippen molar-refractivity contribution < 1.29 is 9.90 Å². The lowest BCUT2D eigenvalue weighted by Crippen LogP contribution is -2.46. The van der Waals surface area contributed by atoms with E-state index in [9.17, 15) is 4.79 Å². The maximum atomic E-state index is 10.8. The van der Waals surface area contributed by atoms with Gasteiger partial charge in [-0.1, -0.05) is 18.3 Å². The maximum Gasteiger partial charge on any atom is 0.347 e. The van der Waals surface area contributed by atoms with E-state index < -0.39 is 5.97 Å². The number of thiazole rings is 1. The van der Waals surface area contributed by atoms with Crippen LogP contribution in [0.3, 0.4) is 0 Å². The third kappa shape index (κ3) is 2.95. The average Bonchev–Trinajstić information content (AvgIpc) is 2.80. The molecule has 1 aromatic rings. The van der Waals surface area contributed by atoms with Crippen molar-refractivity contribution in [2.24, 2.45) is 0 Å². The molecule has 0 bridgehead atoms. The Morgan fingerprint density at radius 1 is 1.47 bits per heavy atom. The van der Waals surface area contributed by atoms with E-state index in [1.165, 1.54) is 24.0 Å². The monoisotopic (exact) mass is 255 g/mol. The molecule has 1 aromatic heterocycles. The summed E-state index contributed by atoms with van der Waals surface area (Å²) in [6, 6.07) is 0. The second-order valence-corrected chi connectivity index (χ2v) is 5.15. The van der Waals surface area contributed by atoms with Crippen LogP contribution in [-0.4, -0.2) is 53.7 Å². The molecule has 1 saturated heterocycles. The molecule has 17 heavy (non-hydrogen) atoms. The molecule has 0 unspecified atom stereocenters. The Balaban J connectivity index is 1.93. The van der Waals surface area contributed by atoms with Gasteiger partial charge in [0.15, 0.2) is 5.13 Å². The van der Waals surface area contributed by atoms with Gasteiger partial charge >= 0.3 is 5.97 Å². The molecule has 0 radical (unpaired) electrons. The molecule has 1 fully saturated rings. The van der Waals surface area contributed by atoms with Gasteiger partial charge in [-0.25, -0.2) is 9.78 Å². The third-order valence-corrected chi connectivity index (χ3v) is 3.93. The molecule has 0 atom stereocenters. The van der Waals surface area contributed by atoms with Crippen LogP contribution in [-0.2, 0) is 0 Å². The number of carbonyl (C=O) groups is 1. The Hall–Kier alpha value is -1.14. The van der Waals surface area contributed by atoms with Crippen LogP contribution >= 0.6 is 11.3 Å². The van der Waals surface area contributed by atoms with Gasteiger partial charge in [-0.3, -0.25) is 4.90 Å². The van der Waals surface area contributed by atoms with Crippen LogP contribution in [0.4, 0.5) is 5.13 Å². The van der Waals surface area contributed by atoms with Gasteiger partial charge in [0.1, 0.15) is 4.88 Å². The highest BCUT2D eigenvalue weighted by atomic mass is 32.1. The van der Waals surface area contributed by atoms with Gasteiger partial charge in [0.2, 0.25) is 0 Å². The number of nitrogens with zero attached hydrogens (tertiary/aromatic N) is 3.